The van der Waals surface area contributed by atoms with Gasteiger partial charge in [-0.3, -0.25) is 0 Å². The van der Waals surface area contributed by atoms with Crippen LogP contribution in [0, 0.1) is 6.92 Å². The van der Waals surface area contributed by atoms with Crippen LogP contribution in [0.1, 0.15) is 31.0 Å². The predicted octanol–water partition coefficient (Wildman–Crippen LogP) is 4.00. The SMILES string of the molecule is Cc1cc(NN2CCOCC2)nc(-c2ccc(C(C)C)cc2Br)n1. The van der Waals surface area contributed by atoms with E-state index in [1.165, 1.54) is 5.56 Å². The van der Waals surface area contributed by atoms with Crippen molar-refractivity contribution < 1.29 is 4.74 Å². The zero-order valence-corrected chi connectivity index (χ0v) is 15.9. The van der Waals surface area contributed by atoms with Crippen LogP contribution in [0.3, 0.4) is 0 Å². The fraction of sp³-hybridized carbons (Fsp3) is 0.444. The Bertz CT molecular complexity index is 714. The van der Waals surface area contributed by atoms with Crippen molar-refractivity contribution >= 4 is 21.7 Å². The summed E-state index contributed by atoms with van der Waals surface area (Å²) >= 11 is 3.67. The first kappa shape index (κ1) is 17.3. The number of rotatable bonds is 4. The summed E-state index contributed by atoms with van der Waals surface area (Å²) in [5.41, 5.74) is 6.61. The maximum atomic E-state index is 5.38. The standard InChI is InChI=1S/C18H23BrN4O/c1-12(2)14-4-5-15(16(19)11-14)18-20-13(3)10-17(21-18)22-23-6-8-24-9-7-23/h4-5,10-12H,6-9H2,1-3H3,(H,20,21,22). The Balaban J connectivity index is 1.88. The van der Waals surface area contributed by atoms with Crippen molar-refractivity contribution in [2.75, 3.05) is 31.7 Å². The summed E-state index contributed by atoms with van der Waals surface area (Å²) in [5.74, 6) is 2.04. The van der Waals surface area contributed by atoms with Gasteiger partial charge < -0.3 is 10.2 Å². The van der Waals surface area contributed by atoms with Crippen molar-refractivity contribution in [1.29, 1.82) is 0 Å². The van der Waals surface area contributed by atoms with E-state index in [0.717, 1.165) is 53.7 Å². The highest BCUT2D eigenvalue weighted by molar-refractivity contribution is 9.10. The summed E-state index contributed by atoms with van der Waals surface area (Å²) in [4.78, 5) is 9.31. The molecule has 0 spiro atoms. The third kappa shape index (κ3) is 4.12. The van der Waals surface area contributed by atoms with Gasteiger partial charge in [0.15, 0.2) is 5.82 Å². The zero-order valence-electron chi connectivity index (χ0n) is 14.3. The van der Waals surface area contributed by atoms with E-state index in [1.54, 1.807) is 0 Å². The summed E-state index contributed by atoms with van der Waals surface area (Å²) in [7, 11) is 0. The number of nitrogens with one attached hydrogen (secondary N) is 1. The van der Waals surface area contributed by atoms with Gasteiger partial charge in [-0.2, -0.15) is 0 Å². The molecule has 1 saturated heterocycles. The third-order valence-electron chi connectivity index (χ3n) is 4.04. The third-order valence-corrected chi connectivity index (χ3v) is 4.69. The van der Waals surface area contributed by atoms with Crippen LogP contribution in [-0.2, 0) is 4.74 Å². The van der Waals surface area contributed by atoms with Gasteiger partial charge >= 0.3 is 0 Å². The Kier molecular flexibility index (Phi) is 5.48. The molecule has 0 aliphatic carbocycles. The van der Waals surface area contributed by atoms with Crippen LogP contribution in [0.4, 0.5) is 5.82 Å². The summed E-state index contributed by atoms with van der Waals surface area (Å²) < 4.78 is 6.40. The minimum Gasteiger partial charge on any atom is -0.379 e. The minimum atomic E-state index is 0.493. The normalized spacial score (nSPS) is 15.7. The number of hydrazine groups is 1. The zero-order chi connectivity index (χ0) is 17.1. The number of halogens is 1. The van der Waals surface area contributed by atoms with Crippen LogP contribution in [0.25, 0.3) is 11.4 Å². The molecule has 2 heterocycles. The molecule has 0 amide bonds. The van der Waals surface area contributed by atoms with Crippen LogP contribution < -0.4 is 5.43 Å². The van der Waals surface area contributed by atoms with Crippen molar-refractivity contribution in [2.45, 2.75) is 26.7 Å². The molecule has 3 rings (SSSR count). The molecule has 0 unspecified atom stereocenters. The highest BCUT2D eigenvalue weighted by atomic mass is 79.9. The summed E-state index contributed by atoms with van der Waals surface area (Å²) in [6, 6.07) is 8.36. The molecule has 0 atom stereocenters. The average molecular weight is 391 g/mol. The molecule has 0 saturated carbocycles. The van der Waals surface area contributed by atoms with Crippen LogP contribution in [-0.4, -0.2) is 41.3 Å². The number of nitrogens with zero attached hydrogens (tertiary/aromatic N) is 3. The number of benzene rings is 1. The molecular formula is C18H23BrN4O. The molecule has 24 heavy (non-hydrogen) atoms. The molecule has 1 aliphatic heterocycles. The molecule has 5 nitrogen and oxygen atoms in total. The summed E-state index contributed by atoms with van der Waals surface area (Å²) in [5, 5.41) is 2.13. The lowest BCUT2D eigenvalue weighted by Crippen LogP contribution is -2.40. The van der Waals surface area contributed by atoms with Gasteiger partial charge in [-0.1, -0.05) is 35.8 Å². The monoisotopic (exact) mass is 390 g/mol. The highest BCUT2D eigenvalue weighted by Gasteiger charge is 2.14. The number of morpholine rings is 1. The fourth-order valence-corrected chi connectivity index (χ4v) is 3.23. The quantitative estimate of drug-likeness (QED) is 0.854. The molecule has 6 heteroatoms. The van der Waals surface area contributed by atoms with Gasteiger partial charge in [-0.05, 0) is 30.5 Å². The molecule has 1 aromatic heterocycles. The van der Waals surface area contributed by atoms with Crippen LogP contribution >= 0.6 is 15.9 Å². The second-order valence-electron chi connectivity index (χ2n) is 6.32. The number of hydrogen-bond donors (Lipinski definition) is 1. The molecule has 2 aromatic rings. The van der Waals surface area contributed by atoms with Gasteiger partial charge in [-0.25, -0.2) is 15.0 Å². The van der Waals surface area contributed by atoms with Crippen LogP contribution in [0.2, 0.25) is 0 Å². The fourth-order valence-electron chi connectivity index (χ4n) is 2.66. The van der Waals surface area contributed by atoms with Crippen molar-refractivity contribution in [2.24, 2.45) is 0 Å². The van der Waals surface area contributed by atoms with E-state index in [4.69, 9.17) is 9.72 Å². The van der Waals surface area contributed by atoms with Crippen molar-refractivity contribution in [3.8, 4) is 11.4 Å². The second kappa shape index (κ2) is 7.59. The molecule has 1 fully saturated rings. The molecule has 128 valence electrons. The van der Waals surface area contributed by atoms with Gasteiger partial charge in [0.1, 0.15) is 5.82 Å². The van der Waals surface area contributed by atoms with Gasteiger partial charge in [-0.15, -0.1) is 0 Å². The van der Waals surface area contributed by atoms with E-state index in [0.29, 0.717) is 5.92 Å². The van der Waals surface area contributed by atoms with Crippen molar-refractivity contribution in [3.05, 3.63) is 40.0 Å². The maximum Gasteiger partial charge on any atom is 0.162 e. The van der Waals surface area contributed by atoms with E-state index in [1.807, 2.05) is 13.0 Å². The number of aryl methyl sites for hydroxylation is 1. The molecule has 1 aliphatic rings. The van der Waals surface area contributed by atoms with E-state index in [2.05, 4.69) is 63.4 Å². The smallest absolute Gasteiger partial charge is 0.162 e. The van der Waals surface area contributed by atoms with Crippen molar-refractivity contribution in [3.63, 3.8) is 0 Å². The number of hydrogen-bond acceptors (Lipinski definition) is 5. The topological polar surface area (TPSA) is 50.3 Å². The van der Waals surface area contributed by atoms with E-state index < -0.39 is 0 Å². The van der Waals surface area contributed by atoms with Gasteiger partial charge in [0.05, 0.1) is 13.2 Å². The minimum absolute atomic E-state index is 0.493. The Morgan fingerprint density at radius 3 is 2.58 bits per heavy atom. The number of ether oxygens (including phenoxy) is 1. The van der Waals surface area contributed by atoms with Gasteiger partial charge in [0.25, 0.3) is 0 Å². The second-order valence-corrected chi connectivity index (χ2v) is 7.18. The van der Waals surface area contributed by atoms with Gasteiger partial charge in [0, 0.05) is 34.9 Å². The number of aromatic nitrogens is 2. The lowest BCUT2D eigenvalue weighted by Gasteiger charge is -2.27. The largest absolute Gasteiger partial charge is 0.379 e. The first-order valence-electron chi connectivity index (χ1n) is 8.28. The summed E-state index contributed by atoms with van der Waals surface area (Å²) in [6.45, 7) is 9.56. The first-order valence-corrected chi connectivity index (χ1v) is 9.07. The molecule has 1 aromatic carbocycles. The average Bonchev–Trinajstić information content (AvgIpc) is 2.55. The number of anilines is 1. The lowest BCUT2D eigenvalue weighted by atomic mass is 10.0. The van der Waals surface area contributed by atoms with Crippen LogP contribution in [0.5, 0.6) is 0 Å². The Morgan fingerprint density at radius 1 is 1.17 bits per heavy atom. The van der Waals surface area contributed by atoms with E-state index >= 15 is 0 Å². The lowest BCUT2D eigenvalue weighted by molar-refractivity contribution is 0.0495. The summed E-state index contributed by atoms with van der Waals surface area (Å²) in [6.07, 6.45) is 0. The van der Waals surface area contributed by atoms with E-state index in [-0.39, 0.29) is 0 Å². The van der Waals surface area contributed by atoms with Crippen molar-refractivity contribution in [1.82, 2.24) is 15.0 Å². The maximum absolute atomic E-state index is 5.38. The predicted molar refractivity (Wildman–Crippen MR) is 100 cm³/mol. The molecule has 0 bridgehead atoms. The molecule has 1 N–H and O–H groups in total. The Hall–Kier alpha value is -1.50. The molecular weight excluding hydrogens is 368 g/mol. The Labute approximate surface area is 151 Å². The van der Waals surface area contributed by atoms with E-state index in [9.17, 15) is 0 Å². The van der Waals surface area contributed by atoms with Gasteiger partial charge in [0.2, 0.25) is 0 Å². The van der Waals surface area contributed by atoms with Crippen LogP contribution in [0.15, 0.2) is 28.7 Å². The Morgan fingerprint density at radius 2 is 1.92 bits per heavy atom. The molecule has 0 radical (unpaired) electrons. The highest BCUT2D eigenvalue weighted by Crippen LogP contribution is 2.30. The first-order chi connectivity index (χ1) is 11.5.